The average molecular weight is 487 g/mol. The molecule has 0 saturated carbocycles. The van der Waals surface area contributed by atoms with Crippen molar-refractivity contribution in [1.29, 1.82) is 0 Å². The highest BCUT2D eigenvalue weighted by Gasteiger charge is 2.22. The van der Waals surface area contributed by atoms with Gasteiger partial charge in [0, 0.05) is 22.2 Å². The highest BCUT2D eigenvalue weighted by molar-refractivity contribution is 8.00. The van der Waals surface area contributed by atoms with Crippen LogP contribution in [0.4, 0.5) is 5.69 Å². The molecule has 0 aliphatic rings. The maximum atomic E-state index is 12.9. The van der Waals surface area contributed by atoms with Crippen molar-refractivity contribution >= 4 is 46.7 Å². The Morgan fingerprint density at radius 3 is 2.62 bits per heavy atom. The van der Waals surface area contributed by atoms with Crippen molar-refractivity contribution in [2.45, 2.75) is 54.8 Å². The van der Waals surface area contributed by atoms with E-state index in [0.29, 0.717) is 34.6 Å². The van der Waals surface area contributed by atoms with E-state index in [0.717, 1.165) is 11.4 Å². The van der Waals surface area contributed by atoms with Crippen LogP contribution in [-0.4, -0.2) is 25.9 Å². The first-order valence-electron chi connectivity index (χ1n) is 10.4. The Morgan fingerprint density at radius 2 is 1.97 bits per heavy atom. The van der Waals surface area contributed by atoms with Crippen molar-refractivity contribution in [2.24, 2.45) is 0 Å². The first kappa shape index (κ1) is 24.4. The molecule has 168 valence electrons. The van der Waals surface area contributed by atoms with Crippen LogP contribution in [-0.2, 0) is 17.1 Å². The molecule has 0 aliphatic heterocycles. The molecule has 1 atom stereocenters. The number of thioether (sulfide) groups is 2. The van der Waals surface area contributed by atoms with E-state index in [9.17, 15) is 4.79 Å². The highest BCUT2D eigenvalue weighted by atomic mass is 35.5. The number of carbonyl (C=O) groups is 1. The summed E-state index contributed by atoms with van der Waals surface area (Å²) in [6.07, 6.45) is 2.48. The molecule has 5 nitrogen and oxygen atoms in total. The number of hydrogen-bond acceptors (Lipinski definition) is 5. The fourth-order valence-electron chi connectivity index (χ4n) is 2.95. The topological polar surface area (TPSA) is 59.8 Å². The smallest absolute Gasteiger partial charge is 0.237 e. The Bertz CT molecular complexity index is 1080. The molecule has 1 amide bonds. The quantitative estimate of drug-likeness (QED) is 0.260. The number of halogens is 1. The molecule has 1 aromatic heterocycles. The van der Waals surface area contributed by atoms with Crippen molar-refractivity contribution in [3.8, 4) is 0 Å². The first-order chi connectivity index (χ1) is 15.4. The molecule has 0 radical (unpaired) electrons. The number of nitrogens with zero attached hydrogens (tertiary/aromatic N) is 3. The summed E-state index contributed by atoms with van der Waals surface area (Å²) in [7, 11) is 0. The van der Waals surface area contributed by atoms with Gasteiger partial charge in [0.25, 0.3) is 0 Å². The van der Waals surface area contributed by atoms with E-state index in [2.05, 4.69) is 53.3 Å². The van der Waals surface area contributed by atoms with E-state index in [1.807, 2.05) is 36.6 Å². The third kappa shape index (κ3) is 6.40. The monoisotopic (exact) mass is 486 g/mol. The van der Waals surface area contributed by atoms with Gasteiger partial charge in [-0.1, -0.05) is 60.1 Å². The molecule has 1 unspecified atom stereocenters. The Hall–Kier alpha value is -2.22. The largest absolute Gasteiger partial charge is 0.325 e. The van der Waals surface area contributed by atoms with Gasteiger partial charge in [-0.05, 0) is 50.1 Å². The lowest BCUT2D eigenvalue weighted by Gasteiger charge is -2.15. The number of benzene rings is 2. The normalized spacial score (nSPS) is 11.9. The van der Waals surface area contributed by atoms with Crippen LogP contribution in [0, 0.1) is 13.8 Å². The summed E-state index contributed by atoms with van der Waals surface area (Å²) < 4.78 is 2.03. The number of hydrogen-bond donors (Lipinski definition) is 1. The molecule has 0 fully saturated rings. The number of allylic oxidation sites excluding steroid dienone is 1. The van der Waals surface area contributed by atoms with Crippen molar-refractivity contribution in [3.63, 3.8) is 0 Å². The second-order valence-electron chi connectivity index (χ2n) is 7.37. The van der Waals surface area contributed by atoms with Gasteiger partial charge in [0.2, 0.25) is 5.91 Å². The number of nitrogens with one attached hydrogen (secondary N) is 1. The van der Waals surface area contributed by atoms with E-state index >= 15 is 0 Å². The van der Waals surface area contributed by atoms with Crippen LogP contribution >= 0.6 is 35.1 Å². The minimum absolute atomic E-state index is 0.0823. The Labute approximate surface area is 203 Å². The van der Waals surface area contributed by atoms with Crippen LogP contribution in [0.5, 0.6) is 0 Å². The standard InChI is InChI=1S/C24H27ClN4OS2/c1-5-13-29-22(15-31-19-11-7-16(3)8-12-19)27-28-24(29)32-21(6-2)23(30)26-18-10-9-17(4)20(25)14-18/h5,7-12,14,21H,1,6,13,15H2,2-4H3,(H,26,30). The zero-order valence-electron chi connectivity index (χ0n) is 18.5. The zero-order chi connectivity index (χ0) is 23.1. The van der Waals surface area contributed by atoms with Gasteiger partial charge in [0.05, 0.1) is 11.0 Å². The zero-order valence-corrected chi connectivity index (χ0v) is 20.9. The number of aryl methyl sites for hydroxylation is 2. The second-order valence-corrected chi connectivity index (χ2v) is 9.99. The van der Waals surface area contributed by atoms with E-state index in [-0.39, 0.29) is 11.2 Å². The summed E-state index contributed by atoms with van der Waals surface area (Å²) in [5.41, 5.74) is 2.90. The summed E-state index contributed by atoms with van der Waals surface area (Å²) in [6.45, 7) is 10.4. The molecular weight excluding hydrogens is 460 g/mol. The molecule has 0 bridgehead atoms. The van der Waals surface area contributed by atoms with Crippen molar-refractivity contribution in [2.75, 3.05) is 5.32 Å². The van der Waals surface area contributed by atoms with Gasteiger partial charge in [-0.3, -0.25) is 4.79 Å². The fourth-order valence-corrected chi connectivity index (χ4v) is 4.95. The van der Waals surface area contributed by atoms with Crippen molar-refractivity contribution < 1.29 is 4.79 Å². The fraction of sp³-hybridized carbons (Fsp3) is 0.292. The second kappa shape index (κ2) is 11.6. The van der Waals surface area contributed by atoms with E-state index < -0.39 is 0 Å². The van der Waals surface area contributed by atoms with Gasteiger partial charge in [0.15, 0.2) is 5.16 Å². The van der Waals surface area contributed by atoms with Crippen molar-refractivity contribution in [3.05, 3.63) is 77.1 Å². The molecule has 0 aliphatic carbocycles. The van der Waals surface area contributed by atoms with Crippen molar-refractivity contribution in [1.82, 2.24) is 14.8 Å². The molecule has 1 heterocycles. The predicted molar refractivity (Wildman–Crippen MR) is 136 cm³/mol. The van der Waals surface area contributed by atoms with Crippen LogP contribution in [0.1, 0.15) is 30.3 Å². The first-order valence-corrected chi connectivity index (χ1v) is 12.6. The number of amides is 1. The molecule has 2 aromatic carbocycles. The predicted octanol–water partition coefficient (Wildman–Crippen LogP) is 6.54. The lowest BCUT2D eigenvalue weighted by molar-refractivity contribution is -0.115. The molecular formula is C24H27ClN4OS2. The Morgan fingerprint density at radius 1 is 1.22 bits per heavy atom. The SMILES string of the molecule is C=CCn1c(CSc2ccc(C)cc2)nnc1SC(CC)C(=O)Nc1ccc(C)c(Cl)c1. The summed E-state index contributed by atoms with van der Waals surface area (Å²) in [6, 6.07) is 13.9. The number of rotatable bonds is 10. The summed E-state index contributed by atoms with van der Waals surface area (Å²) in [5, 5.41) is 12.8. The molecule has 3 aromatic rings. The highest BCUT2D eigenvalue weighted by Crippen LogP contribution is 2.29. The lowest BCUT2D eigenvalue weighted by Crippen LogP contribution is -2.25. The third-order valence-electron chi connectivity index (χ3n) is 4.84. The van der Waals surface area contributed by atoms with Crippen LogP contribution in [0.2, 0.25) is 5.02 Å². The third-order valence-corrected chi connectivity index (χ3v) is 7.60. The number of aromatic nitrogens is 3. The Kier molecular flexibility index (Phi) is 8.84. The summed E-state index contributed by atoms with van der Waals surface area (Å²) >= 11 is 9.32. The molecule has 8 heteroatoms. The minimum Gasteiger partial charge on any atom is -0.325 e. The van der Waals surface area contributed by atoms with Crippen LogP contribution < -0.4 is 5.32 Å². The molecule has 1 N–H and O–H groups in total. The van der Waals surface area contributed by atoms with E-state index in [1.54, 1.807) is 17.8 Å². The molecule has 3 rings (SSSR count). The van der Waals surface area contributed by atoms with E-state index in [1.165, 1.54) is 22.2 Å². The summed E-state index contributed by atoms with van der Waals surface area (Å²) in [4.78, 5) is 14.1. The van der Waals surface area contributed by atoms with Gasteiger partial charge in [0.1, 0.15) is 5.82 Å². The summed E-state index contributed by atoms with van der Waals surface area (Å²) in [5.74, 6) is 1.47. The van der Waals surface area contributed by atoms with Gasteiger partial charge in [-0.2, -0.15) is 0 Å². The van der Waals surface area contributed by atoms with Gasteiger partial charge in [-0.15, -0.1) is 28.5 Å². The minimum atomic E-state index is -0.305. The average Bonchev–Trinajstić information content (AvgIpc) is 3.15. The van der Waals surface area contributed by atoms with Gasteiger partial charge < -0.3 is 9.88 Å². The van der Waals surface area contributed by atoms with Crippen LogP contribution in [0.3, 0.4) is 0 Å². The van der Waals surface area contributed by atoms with Crippen LogP contribution in [0.25, 0.3) is 0 Å². The number of carbonyl (C=O) groups excluding carboxylic acids is 1. The van der Waals surface area contributed by atoms with Gasteiger partial charge in [-0.25, -0.2) is 0 Å². The molecule has 32 heavy (non-hydrogen) atoms. The van der Waals surface area contributed by atoms with Crippen LogP contribution in [0.15, 0.2) is 65.2 Å². The molecule has 0 saturated heterocycles. The maximum Gasteiger partial charge on any atom is 0.237 e. The lowest BCUT2D eigenvalue weighted by atomic mass is 10.2. The number of anilines is 1. The maximum absolute atomic E-state index is 12.9. The van der Waals surface area contributed by atoms with E-state index in [4.69, 9.17) is 11.6 Å². The Balaban J connectivity index is 1.70. The van der Waals surface area contributed by atoms with Gasteiger partial charge >= 0.3 is 0 Å². The molecule has 0 spiro atoms.